The molecule has 0 radical (unpaired) electrons. The molecule has 4 rings (SSSR count). The van der Waals surface area contributed by atoms with Gasteiger partial charge in [0.25, 0.3) is 0 Å². The van der Waals surface area contributed by atoms with Crippen LogP contribution in [0.4, 0.5) is 5.69 Å². The first kappa shape index (κ1) is 25.1. The van der Waals surface area contributed by atoms with Crippen molar-refractivity contribution in [1.29, 1.82) is 0 Å². The molecular formula is C29H26BrN3O3. The molecule has 6 nitrogen and oxygen atoms in total. The van der Waals surface area contributed by atoms with Crippen molar-refractivity contribution in [2.45, 2.75) is 26.4 Å². The zero-order valence-corrected chi connectivity index (χ0v) is 21.4. The summed E-state index contributed by atoms with van der Waals surface area (Å²) in [6, 6.07) is 27.2. The summed E-state index contributed by atoms with van der Waals surface area (Å²) in [5.74, 6) is 0.0885. The minimum absolute atomic E-state index is 0.0253. The lowest BCUT2D eigenvalue weighted by Gasteiger charge is -2.12. The number of carbonyl (C=O) groups excluding carboxylic acids is 2. The van der Waals surface area contributed by atoms with Crippen LogP contribution in [0.2, 0.25) is 0 Å². The van der Waals surface area contributed by atoms with Crippen LogP contribution >= 0.6 is 15.9 Å². The summed E-state index contributed by atoms with van der Waals surface area (Å²) < 4.78 is 7.11. The third-order valence-corrected chi connectivity index (χ3v) is 6.06. The standard InChI is InChI=1S/C29H26BrN3O3/c1-20-6-13-24(14-7-20)32-28(34)16-17-29(35)33-31-18-26-25-5-3-2-4-22(25)10-15-27(26)36-19-21-8-11-23(30)12-9-21/h2-15,18H,16-17,19H2,1H3,(H,32,34)(H,33,35). The Bertz CT molecular complexity index is 1380. The molecule has 0 aliphatic heterocycles. The van der Waals surface area contributed by atoms with Gasteiger partial charge < -0.3 is 10.1 Å². The van der Waals surface area contributed by atoms with E-state index in [0.717, 1.165) is 31.9 Å². The largest absolute Gasteiger partial charge is 0.488 e. The molecule has 0 fully saturated rings. The molecule has 0 saturated heterocycles. The number of rotatable bonds is 9. The summed E-state index contributed by atoms with van der Waals surface area (Å²) in [5, 5.41) is 8.93. The maximum Gasteiger partial charge on any atom is 0.240 e. The van der Waals surface area contributed by atoms with Crippen molar-refractivity contribution >= 4 is 50.4 Å². The molecule has 0 aliphatic rings. The zero-order chi connectivity index (χ0) is 25.3. The number of benzene rings is 4. The van der Waals surface area contributed by atoms with Crippen LogP contribution in [0.25, 0.3) is 10.8 Å². The summed E-state index contributed by atoms with van der Waals surface area (Å²) in [7, 11) is 0. The Kier molecular flexibility index (Phi) is 8.47. The first-order chi connectivity index (χ1) is 17.5. The van der Waals surface area contributed by atoms with Gasteiger partial charge in [0.15, 0.2) is 0 Å². The van der Waals surface area contributed by atoms with Gasteiger partial charge in [0.1, 0.15) is 12.4 Å². The summed E-state index contributed by atoms with van der Waals surface area (Å²) in [6.45, 7) is 2.38. The van der Waals surface area contributed by atoms with Gasteiger partial charge in [0.2, 0.25) is 11.8 Å². The minimum atomic E-state index is -0.345. The monoisotopic (exact) mass is 543 g/mol. The minimum Gasteiger partial charge on any atom is -0.488 e. The molecule has 2 amide bonds. The maximum atomic E-state index is 12.3. The summed E-state index contributed by atoms with van der Waals surface area (Å²) in [4.78, 5) is 24.4. The van der Waals surface area contributed by atoms with E-state index in [2.05, 4.69) is 31.8 Å². The van der Waals surface area contributed by atoms with Crippen molar-refractivity contribution in [2.75, 3.05) is 5.32 Å². The Morgan fingerprint density at radius 1 is 0.889 bits per heavy atom. The van der Waals surface area contributed by atoms with E-state index in [1.54, 1.807) is 6.21 Å². The molecule has 36 heavy (non-hydrogen) atoms. The van der Waals surface area contributed by atoms with Gasteiger partial charge in [-0.1, -0.05) is 76.1 Å². The van der Waals surface area contributed by atoms with Gasteiger partial charge in [-0.3, -0.25) is 9.59 Å². The smallest absolute Gasteiger partial charge is 0.240 e. The van der Waals surface area contributed by atoms with Gasteiger partial charge in [-0.25, -0.2) is 5.43 Å². The van der Waals surface area contributed by atoms with E-state index in [9.17, 15) is 9.59 Å². The van der Waals surface area contributed by atoms with Gasteiger partial charge in [-0.2, -0.15) is 5.10 Å². The number of ether oxygens (including phenoxy) is 1. The third kappa shape index (κ3) is 7.02. The second-order valence-corrected chi connectivity index (χ2v) is 9.24. The molecule has 2 N–H and O–H groups in total. The van der Waals surface area contributed by atoms with Crippen molar-refractivity contribution in [3.05, 3.63) is 106 Å². The Morgan fingerprint density at radius 3 is 2.39 bits per heavy atom. The van der Waals surface area contributed by atoms with Gasteiger partial charge in [-0.05, 0) is 53.6 Å². The molecule has 0 unspecified atom stereocenters. The number of carbonyl (C=O) groups is 2. The van der Waals surface area contributed by atoms with Crippen LogP contribution < -0.4 is 15.5 Å². The number of hydrogen-bond acceptors (Lipinski definition) is 4. The number of halogens is 1. The fraction of sp³-hybridized carbons (Fsp3) is 0.138. The van der Waals surface area contributed by atoms with Crippen molar-refractivity contribution in [3.63, 3.8) is 0 Å². The van der Waals surface area contributed by atoms with Gasteiger partial charge in [0, 0.05) is 28.6 Å². The second-order valence-electron chi connectivity index (χ2n) is 8.32. The number of aryl methyl sites for hydroxylation is 1. The Hall–Kier alpha value is -3.97. The lowest BCUT2D eigenvalue weighted by atomic mass is 10.0. The fourth-order valence-electron chi connectivity index (χ4n) is 3.59. The Balaban J connectivity index is 1.38. The number of amides is 2. The molecule has 0 bridgehead atoms. The molecule has 4 aromatic carbocycles. The number of nitrogens with zero attached hydrogens (tertiary/aromatic N) is 1. The van der Waals surface area contributed by atoms with E-state index < -0.39 is 0 Å². The quantitative estimate of drug-likeness (QED) is 0.190. The molecule has 0 heterocycles. The number of nitrogens with one attached hydrogen (secondary N) is 2. The number of hydrazone groups is 1. The van der Waals surface area contributed by atoms with Crippen LogP contribution in [0, 0.1) is 6.92 Å². The molecule has 7 heteroatoms. The zero-order valence-electron chi connectivity index (χ0n) is 19.8. The highest BCUT2D eigenvalue weighted by Gasteiger charge is 2.10. The predicted molar refractivity (Wildman–Crippen MR) is 147 cm³/mol. The van der Waals surface area contributed by atoms with Crippen LogP contribution in [0.15, 0.2) is 94.5 Å². The highest BCUT2D eigenvalue weighted by molar-refractivity contribution is 9.10. The fourth-order valence-corrected chi connectivity index (χ4v) is 3.85. The molecule has 0 aliphatic carbocycles. The Labute approximate surface area is 218 Å². The predicted octanol–water partition coefficient (Wildman–Crippen LogP) is 6.36. The topological polar surface area (TPSA) is 79.8 Å². The van der Waals surface area contributed by atoms with E-state index in [1.165, 1.54) is 0 Å². The van der Waals surface area contributed by atoms with Crippen LogP contribution in [0.1, 0.15) is 29.5 Å². The highest BCUT2D eigenvalue weighted by atomic mass is 79.9. The van der Waals surface area contributed by atoms with Crippen molar-refractivity contribution in [2.24, 2.45) is 5.10 Å². The molecule has 0 aromatic heterocycles. The number of fused-ring (bicyclic) bond motifs is 1. The van der Waals surface area contributed by atoms with E-state index >= 15 is 0 Å². The third-order valence-electron chi connectivity index (χ3n) is 5.54. The summed E-state index contributed by atoms with van der Waals surface area (Å²) >= 11 is 3.44. The average molecular weight is 544 g/mol. The molecule has 0 atom stereocenters. The number of anilines is 1. The molecule has 4 aromatic rings. The average Bonchev–Trinajstić information content (AvgIpc) is 2.89. The Morgan fingerprint density at radius 2 is 1.61 bits per heavy atom. The van der Waals surface area contributed by atoms with Gasteiger partial charge in [-0.15, -0.1) is 0 Å². The van der Waals surface area contributed by atoms with Crippen molar-refractivity contribution < 1.29 is 14.3 Å². The number of hydrogen-bond donors (Lipinski definition) is 2. The van der Waals surface area contributed by atoms with E-state index in [-0.39, 0.29) is 24.7 Å². The maximum absolute atomic E-state index is 12.3. The molecule has 182 valence electrons. The summed E-state index contributed by atoms with van der Waals surface area (Å²) in [5.41, 5.74) is 6.13. The lowest BCUT2D eigenvalue weighted by molar-refractivity contribution is -0.124. The van der Waals surface area contributed by atoms with Crippen LogP contribution in [0.3, 0.4) is 0 Å². The van der Waals surface area contributed by atoms with Crippen LogP contribution in [-0.4, -0.2) is 18.0 Å². The highest BCUT2D eigenvalue weighted by Crippen LogP contribution is 2.27. The van der Waals surface area contributed by atoms with Gasteiger partial charge in [0.05, 0.1) is 6.21 Å². The molecule has 0 spiro atoms. The lowest BCUT2D eigenvalue weighted by Crippen LogP contribution is -2.20. The van der Waals surface area contributed by atoms with Crippen LogP contribution in [0.5, 0.6) is 5.75 Å². The first-order valence-electron chi connectivity index (χ1n) is 11.6. The van der Waals surface area contributed by atoms with E-state index in [1.807, 2.05) is 91.9 Å². The van der Waals surface area contributed by atoms with Gasteiger partial charge >= 0.3 is 0 Å². The molecule has 0 saturated carbocycles. The van der Waals surface area contributed by atoms with E-state index in [4.69, 9.17) is 4.74 Å². The molecular weight excluding hydrogens is 518 g/mol. The second kappa shape index (κ2) is 12.1. The normalized spacial score (nSPS) is 10.9. The SMILES string of the molecule is Cc1ccc(NC(=O)CCC(=O)NN=Cc2c(OCc3ccc(Br)cc3)ccc3ccccc23)cc1. The van der Waals surface area contributed by atoms with Crippen molar-refractivity contribution in [1.82, 2.24) is 5.43 Å². The van der Waals surface area contributed by atoms with Crippen LogP contribution in [-0.2, 0) is 16.2 Å². The van der Waals surface area contributed by atoms with E-state index in [0.29, 0.717) is 18.0 Å². The van der Waals surface area contributed by atoms with Crippen molar-refractivity contribution in [3.8, 4) is 5.75 Å². The summed E-state index contributed by atoms with van der Waals surface area (Å²) in [6.07, 6.45) is 1.67. The first-order valence-corrected chi connectivity index (χ1v) is 12.3.